The molecule has 0 aliphatic carbocycles. The molecule has 2 aromatic rings. The van der Waals surface area contributed by atoms with Gasteiger partial charge in [0.25, 0.3) is 0 Å². The van der Waals surface area contributed by atoms with Crippen LogP contribution in [0.25, 0.3) is 0 Å². The summed E-state index contributed by atoms with van der Waals surface area (Å²) in [6, 6.07) is 13.0. The van der Waals surface area contributed by atoms with Crippen LogP contribution in [0.5, 0.6) is 0 Å². The summed E-state index contributed by atoms with van der Waals surface area (Å²) in [6.07, 6.45) is 0. The van der Waals surface area contributed by atoms with Crippen molar-refractivity contribution >= 4 is 23.4 Å². The van der Waals surface area contributed by atoms with Gasteiger partial charge in [-0.2, -0.15) is 0 Å². The average Bonchev–Trinajstić information content (AvgIpc) is 2.70. The zero-order chi connectivity index (χ0) is 19.2. The van der Waals surface area contributed by atoms with Crippen LogP contribution in [0.1, 0.15) is 17.3 Å². The lowest BCUT2D eigenvalue weighted by Gasteiger charge is -2.36. The first-order valence-corrected chi connectivity index (χ1v) is 8.91. The molecule has 3 rings (SSSR count). The van der Waals surface area contributed by atoms with Gasteiger partial charge in [-0.15, -0.1) is 0 Å². The lowest BCUT2D eigenvalue weighted by atomic mass is 10.2. The number of hydrogen-bond donors (Lipinski definition) is 1. The summed E-state index contributed by atoms with van der Waals surface area (Å²) in [5.41, 5.74) is 1.68. The molecule has 1 fully saturated rings. The van der Waals surface area contributed by atoms with E-state index in [0.717, 1.165) is 5.69 Å². The summed E-state index contributed by atoms with van der Waals surface area (Å²) in [7, 11) is 0. The molecular formula is C20H22FN3O3. The van der Waals surface area contributed by atoms with E-state index in [9.17, 15) is 14.0 Å². The van der Waals surface area contributed by atoms with Crippen molar-refractivity contribution in [2.24, 2.45) is 0 Å². The molecule has 6 nitrogen and oxygen atoms in total. The number of halogens is 1. The third-order valence-corrected chi connectivity index (χ3v) is 4.43. The van der Waals surface area contributed by atoms with Crippen molar-refractivity contribution in [2.75, 3.05) is 43.0 Å². The molecule has 1 saturated heterocycles. The summed E-state index contributed by atoms with van der Waals surface area (Å²) in [4.78, 5) is 27.8. The van der Waals surface area contributed by atoms with Gasteiger partial charge in [-0.3, -0.25) is 0 Å². The standard InChI is InChI=1S/C20H22FN3O3/c1-2-27-19(25)15-7-9-16(10-8-15)23-11-13-24(14-12-23)20(26)22-18-6-4-3-5-17(18)21/h3-10H,2,11-14H2,1H3,(H,22,26). The van der Waals surface area contributed by atoms with Gasteiger partial charge in [-0.05, 0) is 43.3 Å². The van der Waals surface area contributed by atoms with Gasteiger partial charge in [-0.25, -0.2) is 14.0 Å². The summed E-state index contributed by atoms with van der Waals surface area (Å²) in [5.74, 6) is -0.787. The summed E-state index contributed by atoms with van der Waals surface area (Å²) in [5, 5.41) is 2.61. The maximum atomic E-state index is 13.7. The molecule has 0 unspecified atom stereocenters. The first kappa shape index (κ1) is 18.7. The monoisotopic (exact) mass is 371 g/mol. The number of nitrogens with zero attached hydrogens (tertiary/aromatic N) is 2. The Labute approximate surface area is 157 Å². The SMILES string of the molecule is CCOC(=O)c1ccc(N2CCN(C(=O)Nc3ccccc3F)CC2)cc1. The number of ether oxygens (including phenoxy) is 1. The fraction of sp³-hybridized carbons (Fsp3) is 0.300. The molecule has 142 valence electrons. The number of amides is 2. The molecule has 0 saturated carbocycles. The number of carbonyl (C=O) groups excluding carboxylic acids is 2. The number of piperazine rings is 1. The number of esters is 1. The van der Waals surface area contributed by atoms with Gasteiger partial charge in [0.15, 0.2) is 0 Å². The lowest BCUT2D eigenvalue weighted by Crippen LogP contribution is -2.50. The average molecular weight is 371 g/mol. The molecule has 1 heterocycles. The molecule has 1 aliphatic rings. The predicted octanol–water partition coefficient (Wildman–Crippen LogP) is 3.36. The van der Waals surface area contributed by atoms with Crippen LogP contribution >= 0.6 is 0 Å². The maximum absolute atomic E-state index is 13.7. The number of urea groups is 1. The van der Waals surface area contributed by atoms with E-state index in [-0.39, 0.29) is 17.7 Å². The smallest absolute Gasteiger partial charge is 0.338 e. The van der Waals surface area contributed by atoms with E-state index in [0.29, 0.717) is 38.3 Å². The molecule has 0 radical (unpaired) electrons. The van der Waals surface area contributed by atoms with Crippen LogP contribution in [0, 0.1) is 5.82 Å². The number of hydrogen-bond acceptors (Lipinski definition) is 4. The minimum absolute atomic E-state index is 0.180. The van der Waals surface area contributed by atoms with Crippen LogP contribution in [0.4, 0.5) is 20.6 Å². The highest BCUT2D eigenvalue weighted by molar-refractivity contribution is 5.90. The first-order valence-electron chi connectivity index (χ1n) is 8.91. The summed E-state index contributed by atoms with van der Waals surface area (Å²) in [6.45, 7) is 4.48. The molecule has 0 spiro atoms. The molecule has 0 aromatic heterocycles. The molecule has 2 aromatic carbocycles. The molecule has 1 aliphatic heterocycles. The molecule has 7 heteroatoms. The van der Waals surface area contributed by atoms with Crippen molar-refractivity contribution in [3.8, 4) is 0 Å². The third kappa shape index (κ3) is 4.55. The molecular weight excluding hydrogens is 349 g/mol. The van der Waals surface area contributed by atoms with Gasteiger partial charge in [0, 0.05) is 31.9 Å². The van der Waals surface area contributed by atoms with Crippen molar-refractivity contribution in [3.63, 3.8) is 0 Å². The number of nitrogens with one attached hydrogen (secondary N) is 1. The highest BCUT2D eigenvalue weighted by atomic mass is 19.1. The predicted molar refractivity (Wildman–Crippen MR) is 102 cm³/mol. The highest BCUT2D eigenvalue weighted by Crippen LogP contribution is 2.19. The van der Waals surface area contributed by atoms with Crippen LogP contribution in [-0.4, -0.2) is 49.7 Å². The van der Waals surface area contributed by atoms with Crippen LogP contribution in [-0.2, 0) is 4.74 Å². The summed E-state index contributed by atoms with van der Waals surface area (Å²) >= 11 is 0. The zero-order valence-corrected chi connectivity index (χ0v) is 15.2. The van der Waals surface area contributed by atoms with E-state index in [2.05, 4.69) is 10.2 Å². The maximum Gasteiger partial charge on any atom is 0.338 e. The number of carbonyl (C=O) groups is 2. The minimum atomic E-state index is -0.453. The van der Waals surface area contributed by atoms with Crippen LogP contribution in [0.2, 0.25) is 0 Å². The Morgan fingerprint density at radius 3 is 2.33 bits per heavy atom. The second kappa shape index (κ2) is 8.53. The van der Waals surface area contributed by atoms with Crippen molar-refractivity contribution in [3.05, 3.63) is 59.9 Å². The minimum Gasteiger partial charge on any atom is -0.462 e. The third-order valence-electron chi connectivity index (χ3n) is 4.43. The Morgan fingerprint density at radius 1 is 1.04 bits per heavy atom. The van der Waals surface area contributed by atoms with E-state index in [1.807, 2.05) is 12.1 Å². The molecule has 0 bridgehead atoms. The van der Waals surface area contributed by atoms with Gasteiger partial charge in [0.05, 0.1) is 17.9 Å². The van der Waals surface area contributed by atoms with E-state index in [1.165, 1.54) is 12.1 Å². The Balaban J connectivity index is 1.55. The number of benzene rings is 2. The van der Waals surface area contributed by atoms with Crippen LogP contribution in [0.3, 0.4) is 0 Å². The van der Waals surface area contributed by atoms with Gasteiger partial charge in [0.2, 0.25) is 0 Å². The zero-order valence-electron chi connectivity index (χ0n) is 15.2. The molecule has 0 atom stereocenters. The topological polar surface area (TPSA) is 61.9 Å². The van der Waals surface area contributed by atoms with Crippen molar-refractivity contribution < 1.29 is 18.7 Å². The second-order valence-electron chi connectivity index (χ2n) is 6.15. The van der Waals surface area contributed by atoms with Gasteiger partial charge < -0.3 is 19.9 Å². The summed E-state index contributed by atoms with van der Waals surface area (Å²) < 4.78 is 18.6. The fourth-order valence-corrected chi connectivity index (χ4v) is 2.95. The van der Waals surface area contributed by atoms with E-state index in [4.69, 9.17) is 4.74 Å². The highest BCUT2D eigenvalue weighted by Gasteiger charge is 2.22. The van der Waals surface area contributed by atoms with Crippen molar-refractivity contribution in [2.45, 2.75) is 6.92 Å². The number of para-hydroxylation sites is 1. The van der Waals surface area contributed by atoms with Gasteiger partial charge in [-0.1, -0.05) is 12.1 Å². The quantitative estimate of drug-likeness (QED) is 0.838. The fourth-order valence-electron chi connectivity index (χ4n) is 2.95. The molecule has 1 N–H and O–H groups in total. The Morgan fingerprint density at radius 2 is 1.70 bits per heavy atom. The van der Waals surface area contributed by atoms with E-state index < -0.39 is 5.82 Å². The van der Waals surface area contributed by atoms with E-state index in [1.54, 1.807) is 36.1 Å². The number of anilines is 2. The Hall–Kier alpha value is -3.09. The second-order valence-corrected chi connectivity index (χ2v) is 6.15. The van der Waals surface area contributed by atoms with E-state index >= 15 is 0 Å². The van der Waals surface area contributed by atoms with Crippen LogP contribution < -0.4 is 10.2 Å². The van der Waals surface area contributed by atoms with Gasteiger partial charge in [0.1, 0.15) is 5.82 Å². The molecule has 2 amide bonds. The Kier molecular flexibility index (Phi) is 5.90. The van der Waals surface area contributed by atoms with Crippen molar-refractivity contribution in [1.29, 1.82) is 0 Å². The van der Waals surface area contributed by atoms with Gasteiger partial charge >= 0.3 is 12.0 Å². The van der Waals surface area contributed by atoms with Crippen LogP contribution in [0.15, 0.2) is 48.5 Å². The Bertz CT molecular complexity index is 802. The largest absolute Gasteiger partial charge is 0.462 e. The van der Waals surface area contributed by atoms with Crippen molar-refractivity contribution in [1.82, 2.24) is 4.90 Å². The lowest BCUT2D eigenvalue weighted by molar-refractivity contribution is 0.0526. The molecule has 27 heavy (non-hydrogen) atoms. The first-order chi connectivity index (χ1) is 13.1. The normalized spacial score (nSPS) is 14.0. The number of rotatable bonds is 4.